The molecule has 7 nitrogen and oxygen atoms in total. The lowest BCUT2D eigenvalue weighted by Crippen LogP contribution is -2.18. The lowest BCUT2D eigenvalue weighted by molar-refractivity contribution is 0.102. The van der Waals surface area contributed by atoms with E-state index in [9.17, 15) is 22.0 Å². The van der Waals surface area contributed by atoms with E-state index in [1.54, 1.807) is 24.3 Å². The van der Waals surface area contributed by atoms with Crippen LogP contribution < -0.4 is 5.32 Å². The molecule has 3 heterocycles. The Morgan fingerprint density at radius 3 is 2.53 bits per heavy atom. The summed E-state index contributed by atoms with van der Waals surface area (Å²) >= 11 is 1.57. The second kappa shape index (κ2) is 8.06. The molecule has 1 amide bonds. The van der Waals surface area contributed by atoms with Gasteiger partial charge in [0.15, 0.2) is 0 Å². The van der Waals surface area contributed by atoms with E-state index in [0.717, 1.165) is 21.4 Å². The first-order chi connectivity index (χ1) is 15.1. The maximum atomic E-state index is 13.2. The molecular formula is C21H17F2N3O4S2. The Morgan fingerprint density at radius 1 is 1.16 bits per heavy atom. The molecule has 0 spiro atoms. The molecular weight excluding hydrogens is 460 g/mol. The van der Waals surface area contributed by atoms with Crippen LogP contribution in [0.2, 0.25) is 0 Å². The average molecular weight is 478 g/mol. The number of sulfone groups is 1. The van der Waals surface area contributed by atoms with Gasteiger partial charge in [-0.2, -0.15) is 8.78 Å². The zero-order chi connectivity index (χ0) is 23.2. The molecule has 0 fully saturated rings. The molecule has 4 rings (SSSR count). The number of nitrogens with zero attached hydrogens (tertiary/aromatic N) is 2. The SMILES string of the molecule is Cc1cc(-c2cc(C(=O)Nc3ccccc3S(=O)(=O)C(F)F)c3c(C)noc3n2)c(C)s1. The Balaban J connectivity index is 1.84. The van der Waals surface area contributed by atoms with Gasteiger partial charge in [-0.1, -0.05) is 17.3 Å². The summed E-state index contributed by atoms with van der Waals surface area (Å²) in [5.41, 5.74) is 1.74. The molecule has 1 N–H and O–H groups in total. The number of rotatable bonds is 5. The minimum absolute atomic E-state index is 0.135. The molecule has 0 radical (unpaired) electrons. The molecule has 0 saturated carbocycles. The number of amides is 1. The number of benzene rings is 1. The minimum atomic E-state index is -4.92. The van der Waals surface area contributed by atoms with Crippen molar-refractivity contribution in [1.82, 2.24) is 10.1 Å². The van der Waals surface area contributed by atoms with Gasteiger partial charge in [0.1, 0.15) is 0 Å². The number of carbonyl (C=O) groups excluding carboxylic acids is 1. The van der Waals surface area contributed by atoms with Crippen molar-refractivity contribution in [3.8, 4) is 11.3 Å². The van der Waals surface area contributed by atoms with Gasteiger partial charge in [-0.3, -0.25) is 4.79 Å². The van der Waals surface area contributed by atoms with E-state index in [4.69, 9.17) is 4.52 Å². The summed E-state index contributed by atoms with van der Waals surface area (Å²) in [6.07, 6.45) is 0. The van der Waals surface area contributed by atoms with E-state index >= 15 is 0 Å². The predicted octanol–water partition coefficient (Wildman–Crippen LogP) is 5.13. The van der Waals surface area contributed by atoms with Crippen LogP contribution in [0.1, 0.15) is 25.8 Å². The first-order valence-corrected chi connectivity index (χ1v) is 11.7. The van der Waals surface area contributed by atoms with Gasteiger partial charge in [-0.25, -0.2) is 13.4 Å². The fraction of sp³-hybridized carbons (Fsp3) is 0.190. The minimum Gasteiger partial charge on any atom is -0.335 e. The number of aromatic nitrogens is 2. The van der Waals surface area contributed by atoms with Gasteiger partial charge in [0.25, 0.3) is 11.6 Å². The van der Waals surface area contributed by atoms with E-state index < -0.39 is 26.4 Å². The molecule has 32 heavy (non-hydrogen) atoms. The normalized spacial score (nSPS) is 11.9. The first kappa shape index (κ1) is 22.0. The highest BCUT2D eigenvalue weighted by molar-refractivity contribution is 7.91. The zero-order valence-corrected chi connectivity index (χ0v) is 18.8. The lowest BCUT2D eigenvalue weighted by atomic mass is 10.1. The van der Waals surface area contributed by atoms with Gasteiger partial charge >= 0.3 is 5.76 Å². The van der Waals surface area contributed by atoms with Crippen molar-refractivity contribution in [3.63, 3.8) is 0 Å². The number of aryl methyl sites for hydroxylation is 3. The highest BCUT2D eigenvalue weighted by atomic mass is 32.2. The number of pyridine rings is 1. The van der Waals surface area contributed by atoms with E-state index in [0.29, 0.717) is 16.8 Å². The average Bonchev–Trinajstić information content (AvgIpc) is 3.28. The standard InChI is InChI=1S/C21H17F2N3O4S2/c1-10-8-13(12(3)31-10)16-9-14(18-11(2)26-30-20(18)25-16)19(27)24-15-6-4-5-7-17(15)32(28,29)21(22)23/h4-9,21H,1-3H3,(H,24,27). The van der Waals surface area contributed by atoms with Gasteiger partial charge in [-0.05, 0) is 45.0 Å². The fourth-order valence-electron chi connectivity index (χ4n) is 3.40. The van der Waals surface area contributed by atoms with Crippen LogP contribution in [-0.2, 0) is 9.84 Å². The van der Waals surface area contributed by atoms with Crippen molar-refractivity contribution >= 4 is 43.9 Å². The second-order valence-electron chi connectivity index (χ2n) is 7.09. The molecule has 166 valence electrons. The molecule has 1 aromatic carbocycles. The van der Waals surface area contributed by atoms with E-state index in [2.05, 4.69) is 15.5 Å². The predicted molar refractivity (Wildman–Crippen MR) is 117 cm³/mol. The summed E-state index contributed by atoms with van der Waals surface area (Å²) in [5.74, 6) is -4.32. The Labute approximate surface area is 186 Å². The van der Waals surface area contributed by atoms with Crippen molar-refractivity contribution in [3.05, 3.63) is 57.4 Å². The Bertz CT molecular complexity index is 1460. The van der Waals surface area contributed by atoms with Crippen LogP contribution in [0.4, 0.5) is 14.5 Å². The topological polar surface area (TPSA) is 102 Å². The molecule has 3 aromatic heterocycles. The number of carbonyl (C=O) groups is 1. The van der Waals surface area contributed by atoms with Crippen molar-refractivity contribution in [1.29, 1.82) is 0 Å². The van der Waals surface area contributed by atoms with Gasteiger partial charge in [0.05, 0.1) is 32.9 Å². The van der Waals surface area contributed by atoms with Crippen LogP contribution >= 0.6 is 11.3 Å². The summed E-state index contributed by atoms with van der Waals surface area (Å²) in [4.78, 5) is 19.1. The highest BCUT2D eigenvalue weighted by Crippen LogP contribution is 2.33. The second-order valence-corrected chi connectivity index (χ2v) is 10.4. The monoisotopic (exact) mass is 477 g/mol. The Kier molecular flexibility index (Phi) is 5.55. The molecule has 0 aliphatic rings. The van der Waals surface area contributed by atoms with Crippen molar-refractivity contribution < 1.29 is 26.5 Å². The Hall–Kier alpha value is -3.18. The number of para-hydroxylation sites is 1. The third kappa shape index (κ3) is 3.78. The van der Waals surface area contributed by atoms with Crippen LogP contribution in [0.15, 0.2) is 45.8 Å². The van der Waals surface area contributed by atoms with Crippen molar-refractivity contribution in [2.75, 3.05) is 5.32 Å². The van der Waals surface area contributed by atoms with Crippen LogP contribution in [0.25, 0.3) is 22.4 Å². The molecule has 11 heteroatoms. The Morgan fingerprint density at radius 2 is 1.88 bits per heavy atom. The number of anilines is 1. The quantitative estimate of drug-likeness (QED) is 0.428. The molecule has 0 atom stereocenters. The van der Waals surface area contributed by atoms with Crippen LogP contribution in [0, 0.1) is 20.8 Å². The van der Waals surface area contributed by atoms with Crippen molar-refractivity contribution in [2.24, 2.45) is 0 Å². The smallest absolute Gasteiger partial charge is 0.335 e. The third-order valence-corrected chi connectivity index (χ3v) is 7.26. The fourth-order valence-corrected chi connectivity index (χ4v) is 5.22. The summed E-state index contributed by atoms with van der Waals surface area (Å²) in [5, 5.41) is 6.68. The number of thiophene rings is 1. The van der Waals surface area contributed by atoms with Crippen LogP contribution in [0.5, 0.6) is 0 Å². The van der Waals surface area contributed by atoms with Gasteiger partial charge in [0.2, 0.25) is 9.84 Å². The van der Waals surface area contributed by atoms with E-state index in [-0.39, 0.29) is 17.0 Å². The maximum absolute atomic E-state index is 13.2. The number of fused-ring (bicyclic) bond motifs is 1. The van der Waals surface area contributed by atoms with Crippen molar-refractivity contribution in [2.45, 2.75) is 31.4 Å². The maximum Gasteiger partial charge on any atom is 0.341 e. The van der Waals surface area contributed by atoms with E-state index in [1.165, 1.54) is 18.2 Å². The van der Waals surface area contributed by atoms with Crippen LogP contribution in [-0.4, -0.2) is 30.2 Å². The molecule has 0 bridgehead atoms. The highest BCUT2D eigenvalue weighted by Gasteiger charge is 2.30. The largest absolute Gasteiger partial charge is 0.341 e. The number of nitrogens with one attached hydrogen (secondary N) is 1. The van der Waals surface area contributed by atoms with Gasteiger partial charge < -0.3 is 9.84 Å². The molecule has 0 saturated heterocycles. The van der Waals surface area contributed by atoms with Gasteiger partial charge in [-0.15, -0.1) is 11.3 Å². The zero-order valence-electron chi connectivity index (χ0n) is 17.1. The molecule has 0 unspecified atom stereocenters. The summed E-state index contributed by atoms with van der Waals surface area (Å²) in [7, 11) is -4.92. The van der Waals surface area contributed by atoms with Crippen LogP contribution in [0.3, 0.4) is 0 Å². The molecule has 0 aliphatic carbocycles. The molecule has 0 aliphatic heterocycles. The number of alkyl halides is 2. The summed E-state index contributed by atoms with van der Waals surface area (Å²) in [6.45, 7) is 5.52. The number of halogens is 2. The number of hydrogen-bond donors (Lipinski definition) is 1. The summed E-state index contributed by atoms with van der Waals surface area (Å²) in [6, 6.07) is 8.51. The lowest BCUT2D eigenvalue weighted by Gasteiger charge is -2.12. The van der Waals surface area contributed by atoms with Gasteiger partial charge in [0, 0.05) is 15.3 Å². The third-order valence-electron chi connectivity index (χ3n) is 4.86. The molecule has 4 aromatic rings. The number of hydrogen-bond acceptors (Lipinski definition) is 7. The van der Waals surface area contributed by atoms with E-state index in [1.807, 2.05) is 19.9 Å². The summed E-state index contributed by atoms with van der Waals surface area (Å²) < 4.78 is 55.6. The first-order valence-electron chi connectivity index (χ1n) is 9.36.